The maximum absolute atomic E-state index is 11.4. The number of rotatable bonds is 2. The van der Waals surface area contributed by atoms with E-state index in [-0.39, 0.29) is 12.5 Å². The lowest BCUT2D eigenvalue weighted by molar-refractivity contribution is -0.143. The Morgan fingerprint density at radius 1 is 1.71 bits per heavy atom. The van der Waals surface area contributed by atoms with Crippen LogP contribution in [0, 0.1) is 0 Å². The summed E-state index contributed by atoms with van der Waals surface area (Å²) in [5.41, 5.74) is 0. The Morgan fingerprint density at radius 3 is 3.21 bits per heavy atom. The SMILES string of the molecule is O=C1COCCN1Cc1cnc(Cl)s1. The van der Waals surface area contributed by atoms with Crippen LogP contribution in [0.25, 0.3) is 0 Å². The number of hydrogen-bond donors (Lipinski definition) is 0. The topological polar surface area (TPSA) is 42.4 Å². The van der Waals surface area contributed by atoms with Crippen molar-refractivity contribution < 1.29 is 9.53 Å². The fourth-order valence-electron chi connectivity index (χ4n) is 1.26. The molecule has 0 aromatic carbocycles. The number of carbonyl (C=O) groups excluding carboxylic acids is 1. The van der Waals surface area contributed by atoms with Gasteiger partial charge in [-0.05, 0) is 0 Å². The Kier molecular flexibility index (Phi) is 3.00. The molecule has 1 aromatic heterocycles. The van der Waals surface area contributed by atoms with E-state index in [4.69, 9.17) is 16.3 Å². The Morgan fingerprint density at radius 2 is 2.57 bits per heavy atom. The molecule has 0 aliphatic carbocycles. The number of halogens is 1. The molecule has 0 radical (unpaired) electrons. The second kappa shape index (κ2) is 4.25. The van der Waals surface area contributed by atoms with Crippen LogP contribution in [0.4, 0.5) is 0 Å². The molecule has 0 saturated carbocycles. The molecule has 76 valence electrons. The summed E-state index contributed by atoms with van der Waals surface area (Å²) >= 11 is 7.10. The van der Waals surface area contributed by atoms with Crippen LogP contribution in [0.3, 0.4) is 0 Å². The lowest BCUT2D eigenvalue weighted by atomic mass is 10.4. The van der Waals surface area contributed by atoms with Crippen LogP contribution in [0.15, 0.2) is 6.20 Å². The zero-order valence-corrected chi connectivity index (χ0v) is 8.98. The molecule has 0 N–H and O–H groups in total. The van der Waals surface area contributed by atoms with Gasteiger partial charge >= 0.3 is 0 Å². The number of nitrogens with zero attached hydrogens (tertiary/aromatic N) is 2. The highest BCUT2D eigenvalue weighted by Gasteiger charge is 2.19. The molecule has 0 atom stereocenters. The van der Waals surface area contributed by atoms with Gasteiger partial charge in [0.2, 0.25) is 5.91 Å². The van der Waals surface area contributed by atoms with Crippen LogP contribution in [0.1, 0.15) is 4.88 Å². The summed E-state index contributed by atoms with van der Waals surface area (Å²) in [7, 11) is 0. The maximum atomic E-state index is 11.4. The number of ether oxygens (including phenoxy) is 1. The molecule has 1 aliphatic rings. The van der Waals surface area contributed by atoms with Crippen molar-refractivity contribution in [1.82, 2.24) is 9.88 Å². The van der Waals surface area contributed by atoms with Crippen molar-refractivity contribution in [2.24, 2.45) is 0 Å². The van der Waals surface area contributed by atoms with Gasteiger partial charge in [-0.15, -0.1) is 11.3 Å². The van der Waals surface area contributed by atoms with Gasteiger partial charge in [0.15, 0.2) is 4.47 Å². The van der Waals surface area contributed by atoms with E-state index in [1.807, 2.05) is 0 Å². The molecular weight excluding hydrogens is 224 g/mol. The largest absolute Gasteiger partial charge is 0.370 e. The molecule has 2 heterocycles. The van der Waals surface area contributed by atoms with Crippen LogP contribution in [0.5, 0.6) is 0 Å². The molecule has 2 rings (SSSR count). The smallest absolute Gasteiger partial charge is 0.248 e. The van der Waals surface area contributed by atoms with Crippen LogP contribution in [0.2, 0.25) is 4.47 Å². The average molecular weight is 233 g/mol. The molecule has 1 saturated heterocycles. The average Bonchev–Trinajstić information content (AvgIpc) is 2.56. The summed E-state index contributed by atoms with van der Waals surface area (Å²) in [6.07, 6.45) is 1.70. The van der Waals surface area contributed by atoms with E-state index in [1.54, 1.807) is 11.1 Å². The van der Waals surface area contributed by atoms with Crippen molar-refractivity contribution in [3.8, 4) is 0 Å². The van der Waals surface area contributed by atoms with Crippen LogP contribution >= 0.6 is 22.9 Å². The number of thiazole rings is 1. The Labute approximate surface area is 90.4 Å². The van der Waals surface area contributed by atoms with Crippen molar-refractivity contribution >= 4 is 28.8 Å². The molecule has 6 heteroatoms. The number of morpholine rings is 1. The molecule has 1 aliphatic heterocycles. The normalized spacial score (nSPS) is 17.5. The minimum absolute atomic E-state index is 0.0285. The minimum Gasteiger partial charge on any atom is -0.370 e. The molecule has 0 bridgehead atoms. The second-order valence-electron chi connectivity index (χ2n) is 2.95. The molecule has 4 nitrogen and oxygen atoms in total. The van der Waals surface area contributed by atoms with E-state index in [1.165, 1.54) is 11.3 Å². The van der Waals surface area contributed by atoms with Gasteiger partial charge < -0.3 is 9.64 Å². The van der Waals surface area contributed by atoms with Crippen molar-refractivity contribution in [2.75, 3.05) is 19.8 Å². The molecule has 0 spiro atoms. The number of aromatic nitrogens is 1. The van der Waals surface area contributed by atoms with E-state index in [0.717, 1.165) is 4.88 Å². The quantitative estimate of drug-likeness (QED) is 0.769. The zero-order valence-electron chi connectivity index (χ0n) is 7.40. The number of amides is 1. The van der Waals surface area contributed by atoms with Gasteiger partial charge in [0, 0.05) is 17.6 Å². The molecule has 1 amide bonds. The van der Waals surface area contributed by atoms with Crippen molar-refractivity contribution in [3.63, 3.8) is 0 Å². The summed E-state index contributed by atoms with van der Waals surface area (Å²) in [5, 5.41) is 0. The van der Waals surface area contributed by atoms with Crippen molar-refractivity contribution in [2.45, 2.75) is 6.54 Å². The van der Waals surface area contributed by atoms with Crippen molar-refractivity contribution in [1.29, 1.82) is 0 Å². The maximum Gasteiger partial charge on any atom is 0.248 e. The highest BCUT2D eigenvalue weighted by atomic mass is 35.5. The summed E-state index contributed by atoms with van der Waals surface area (Å²) in [4.78, 5) is 18.0. The van der Waals surface area contributed by atoms with Gasteiger partial charge in [-0.25, -0.2) is 4.98 Å². The summed E-state index contributed by atoms with van der Waals surface area (Å²) < 4.78 is 5.54. The first-order chi connectivity index (χ1) is 6.75. The first-order valence-electron chi connectivity index (χ1n) is 4.21. The standard InChI is InChI=1S/C8H9ClN2O2S/c9-8-10-3-6(14-8)4-11-1-2-13-5-7(11)12/h3H,1-2,4-5H2. The van der Waals surface area contributed by atoms with E-state index < -0.39 is 0 Å². The molecule has 14 heavy (non-hydrogen) atoms. The first kappa shape index (κ1) is 9.89. The minimum atomic E-state index is 0.0285. The van der Waals surface area contributed by atoms with Gasteiger partial charge in [0.25, 0.3) is 0 Å². The first-order valence-corrected chi connectivity index (χ1v) is 5.41. The van der Waals surface area contributed by atoms with E-state index in [9.17, 15) is 4.79 Å². The highest BCUT2D eigenvalue weighted by molar-refractivity contribution is 7.15. The highest BCUT2D eigenvalue weighted by Crippen LogP contribution is 2.19. The molecular formula is C8H9ClN2O2S. The summed E-state index contributed by atoms with van der Waals surface area (Å²) in [6.45, 7) is 2.03. The van der Waals surface area contributed by atoms with Crippen molar-refractivity contribution in [3.05, 3.63) is 15.5 Å². The third kappa shape index (κ3) is 2.23. The summed E-state index contributed by atoms with van der Waals surface area (Å²) in [5.74, 6) is 0.0285. The zero-order chi connectivity index (χ0) is 9.97. The second-order valence-corrected chi connectivity index (χ2v) is 4.64. The predicted molar refractivity (Wildman–Crippen MR) is 53.4 cm³/mol. The van der Waals surface area contributed by atoms with Crippen LogP contribution < -0.4 is 0 Å². The Bertz CT molecular complexity index is 342. The van der Waals surface area contributed by atoms with Gasteiger partial charge in [-0.2, -0.15) is 0 Å². The number of carbonyl (C=O) groups is 1. The van der Waals surface area contributed by atoms with E-state index in [0.29, 0.717) is 24.2 Å². The fraction of sp³-hybridized carbons (Fsp3) is 0.500. The van der Waals surface area contributed by atoms with Crippen LogP contribution in [-0.2, 0) is 16.1 Å². The monoisotopic (exact) mass is 232 g/mol. The van der Waals surface area contributed by atoms with Gasteiger partial charge in [-0.3, -0.25) is 4.79 Å². The summed E-state index contributed by atoms with van der Waals surface area (Å²) in [6, 6.07) is 0. The number of hydrogen-bond acceptors (Lipinski definition) is 4. The third-order valence-corrected chi connectivity index (χ3v) is 3.06. The molecule has 0 unspecified atom stereocenters. The van der Waals surface area contributed by atoms with Gasteiger partial charge in [0.1, 0.15) is 6.61 Å². The van der Waals surface area contributed by atoms with Crippen LogP contribution in [-0.4, -0.2) is 35.5 Å². The Balaban J connectivity index is 1.99. The molecule has 1 fully saturated rings. The van der Waals surface area contributed by atoms with Gasteiger partial charge in [-0.1, -0.05) is 11.6 Å². The third-order valence-electron chi connectivity index (χ3n) is 1.96. The predicted octanol–water partition coefficient (Wildman–Crippen LogP) is 1.16. The molecule has 1 aromatic rings. The fourth-order valence-corrected chi connectivity index (χ4v) is 2.26. The van der Waals surface area contributed by atoms with Gasteiger partial charge in [0.05, 0.1) is 13.2 Å². The Hall–Kier alpha value is -0.650. The van der Waals surface area contributed by atoms with E-state index in [2.05, 4.69) is 4.98 Å². The van der Waals surface area contributed by atoms with E-state index >= 15 is 0 Å². The lowest BCUT2D eigenvalue weighted by Crippen LogP contribution is -2.40. The lowest BCUT2D eigenvalue weighted by Gasteiger charge is -2.25.